The van der Waals surface area contributed by atoms with Gasteiger partial charge in [-0.15, -0.1) is 0 Å². The number of hydrogen-bond donors (Lipinski definition) is 3. The molecule has 2 amide bonds. The van der Waals surface area contributed by atoms with Crippen molar-refractivity contribution >= 4 is 11.8 Å². The Labute approximate surface area is 129 Å². The van der Waals surface area contributed by atoms with E-state index in [1.807, 2.05) is 13.8 Å². The molecule has 2 unspecified atom stereocenters. The molecule has 6 heteroatoms. The fourth-order valence-electron chi connectivity index (χ4n) is 1.84. The zero-order chi connectivity index (χ0) is 16.5. The highest BCUT2D eigenvalue weighted by atomic mass is 19.1. The van der Waals surface area contributed by atoms with Crippen LogP contribution in [0.4, 0.5) is 4.39 Å². The van der Waals surface area contributed by atoms with Gasteiger partial charge < -0.3 is 15.7 Å². The molecule has 0 aliphatic heterocycles. The summed E-state index contributed by atoms with van der Waals surface area (Å²) in [6.07, 6.45) is -0.204. The van der Waals surface area contributed by atoms with Crippen molar-refractivity contribution in [1.29, 1.82) is 0 Å². The second kappa shape index (κ2) is 9.15. The lowest BCUT2D eigenvalue weighted by molar-refractivity contribution is -0.123. The number of rotatable bonds is 8. The maximum atomic E-state index is 13.0. The smallest absolute Gasteiger partial charge is 0.222 e. The summed E-state index contributed by atoms with van der Waals surface area (Å²) in [5.74, 6) is -0.966. The minimum absolute atomic E-state index is 0.109. The molecule has 3 N–H and O–H groups in total. The van der Waals surface area contributed by atoms with Gasteiger partial charge >= 0.3 is 0 Å². The maximum Gasteiger partial charge on any atom is 0.222 e. The van der Waals surface area contributed by atoms with Gasteiger partial charge in [-0.1, -0.05) is 19.1 Å². The average molecular weight is 310 g/mol. The van der Waals surface area contributed by atoms with E-state index in [2.05, 4.69) is 10.6 Å². The Balaban J connectivity index is 2.30. The predicted molar refractivity (Wildman–Crippen MR) is 81.5 cm³/mol. The van der Waals surface area contributed by atoms with Crippen LogP contribution < -0.4 is 10.6 Å². The van der Waals surface area contributed by atoms with Gasteiger partial charge in [0.05, 0.1) is 12.5 Å². The highest BCUT2D eigenvalue weighted by Gasteiger charge is 2.14. The van der Waals surface area contributed by atoms with E-state index in [0.717, 1.165) is 6.42 Å². The molecule has 0 radical (unpaired) electrons. The van der Waals surface area contributed by atoms with Crippen molar-refractivity contribution in [3.63, 3.8) is 0 Å². The third-order valence-corrected chi connectivity index (χ3v) is 3.31. The SMILES string of the molecule is CCC(C)NC(=O)CCNC(=O)CC(O)c1cccc(F)c1. The highest BCUT2D eigenvalue weighted by molar-refractivity contribution is 5.79. The summed E-state index contributed by atoms with van der Waals surface area (Å²) in [7, 11) is 0. The zero-order valence-electron chi connectivity index (χ0n) is 12.9. The third kappa shape index (κ3) is 6.67. The number of aliphatic hydroxyl groups is 1. The number of hydrogen-bond acceptors (Lipinski definition) is 3. The number of halogens is 1. The van der Waals surface area contributed by atoms with Crippen molar-refractivity contribution in [3.8, 4) is 0 Å². The highest BCUT2D eigenvalue weighted by Crippen LogP contribution is 2.17. The molecule has 0 aliphatic carbocycles. The lowest BCUT2D eigenvalue weighted by atomic mass is 10.1. The summed E-state index contributed by atoms with van der Waals surface area (Å²) in [4.78, 5) is 23.2. The fourth-order valence-corrected chi connectivity index (χ4v) is 1.84. The van der Waals surface area contributed by atoms with Crippen molar-refractivity contribution in [2.24, 2.45) is 0 Å². The molecule has 0 fully saturated rings. The van der Waals surface area contributed by atoms with Crippen molar-refractivity contribution in [2.45, 2.75) is 45.3 Å². The lowest BCUT2D eigenvalue weighted by Gasteiger charge is -2.13. The second-order valence-electron chi connectivity index (χ2n) is 5.25. The Hall–Kier alpha value is -1.95. The Bertz CT molecular complexity index is 508. The van der Waals surface area contributed by atoms with E-state index in [4.69, 9.17) is 0 Å². The number of nitrogens with one attached hydrogen (secondary N) is 2. The van der Waals surface area contributed by atoms with Gasteiger partial charge in [0.15, 0.2) is 0 Å². The molecule has 0 saturated heterocycles. The summed E-state index contributed by atoms with van der Waals surface area (Å²) >= 11 is 0. The first-order valence-corrected chi connectivity index (χ1v) is 7.42. The van der Waals surface area contributed by atoms with Gasteiger partial charge in [-0.25, -0.2) is 4.39 Å². The van der Waals surface area contributed by atoms with Crippen LogP contribution in [0.5, 0.6) is 0 Å². The van der Waals surface area contributed by atoms with Crippen molar-refractivity contribution in [3.05, 3.63) is 35.6 Å². The van der Waals surface area contributed by atoms with E-state index in [1.54, 1.807) is 6.07 Å². The molecular formula is C16H23FN2O3. The molecule has 122 valence electrons. The van der Waals surface area contributed by atoms with Crippen LogP contribution in [0.1, 0.15) is 44.8 Å². The van der Waals surface area contributed by atoms with E-state index in [0.29, 0.717) is 5.56 Å². The number of benzene rings is 1. The van der Waals surface area contributed by atoms with Gasteiger partial charge in [0.1, 0.15) is 5.82 Å². The van der Waals surface area contributed by atoms with Gasteiger partial charge in [0.2, 0.25) is 11.8 Å². The van der Waals surface area contributed by atoms with Crippen LogP contribution >= 0.6 is 0 Å². The molecule has 1 aromatic rings. The van der Waals surface area contributed by atoms with Crippen LogP contribution in [0.3, 0.4) is 0 Å². The van der Waals surface area contributed by atoms with Gasteiger partial charge in [-0.2, -0.15) is 0 Å². The van der Waals surface area contributed by atoms with E-state index in [9.17, 15) is 19.1 Å². The second-order valence-corrected chi connectivity index (χ2v) is 5.25. The first-order valence-electron chi connectivity index (χ1n) is 7.42. The molecule has 22 heavy (non-hydrogen) atoms. The third-order valence-electron chi connectivity index (χ3n) is 3.31. The molecule has 1 rings (SSSR count). The molecule has 0 bridgehead atoms. The number of carbonyl (C=O) groups excluding carboxylic acids is 2. The first-order chi connectivity index (χ1) is 10.4. The summed E-state index contributed by atoms with van der Waals surface area (Å²) < 4.78 is 13.0. The largest absolute Gasteiger partial charge is 0.388 e. The topological polar surface area (TPSA) is 78.4 Å². The van der Waals surface area contributed by atoms with E-state index >= 15 is 0 Å². The summed E-state index contributed by atoms with van der Waals surface area (Å²) in [5, 5.41) is 15.2. The number of aliphatic hydroxyl groups excluding tert-OH is 1. The van der Waals surface area contributed by atoms with Crippen LogP contribution in [0.15, 0.2) is 24.3 Å². The van der Waals surface area contributed by atoms with Crippen LogP contribution in [0.2, 0.25) is 0 Å². The van der Waals surface area contributed by atoms with Gasteiger partial charge in [0.25, 0.3) is 0 Å². The van der Waals surface area contributed by atoms with Crippen LogP contribution in [0, 0.1) is 5.82 Å². The molecule has 0 heterocycles. The monoisotopic (exact) mass is 310 g/mol. The Morgan fingerprint density at radius 3 is 2.68 bits per heavy atom. The lowest BCUT2D eigenvalue weighted by Crippen LogP contribution is -2.35. The molecule has 5 nitrogen and oxygen atoms in total. The number of carbonyl (C=O) groups is 2. The molecule has 0 aromatic heterocycles. The number of amides is 2. The molecule has 0 spiro atoms. The molecule has 2 atom stereocenters. The molecular weight excluding hydrogens is 287 g/mol. The summed E-state index contributed by atoms with van der Waals surface area (Å²) in [6, 6.07) is 5.60. The van der Waals surface area contributed by atoms with Crippen molar-refractivity contribution in [1.82, 2.24) is 10.6 Å². The molecule has 0 aliphatic rings. The Morgan fingerprint density at radius 1 is 1.32 bits per heavy atom. The molecule has 0 saturated carbocycles. The summed E-state index contributed by atoms with van der Waals surface area (Å²) in [6.45, 7) is 4.09. The van der Waals surface area contributed by atoms with Crippen molar-refractivity contribution < 1.29 is 19.1 Å². The van der Waals surface area contributed by atoms with Gasteiger partial charge in [-0.05, 0) is 31.0 Å². The predicted octanol–water partition coefficient (Wildman–Crippen LogP) is 1.67. The van der Waals surface area contributed by atoms with Crippen LogP contribution in [-0.2, 0) is 9.59 Å². The quantitative estimate of drug-likeness (QED) is 0.683. The summed E-state index contributed by atoms with van der Waals surface area (Å²) in [5.41, 5.74) is 0.352. The zero-order valence-corrected chi connectivity index (χ0v) is 12.9. The normalized spacial score (nSPS) is 13.3. The van der Waals surface area contributed by atoms with E-state index in [1.165, 1.54) is 18.2 Å². The van der Waals surface area contributed by atoms with Crippen LogP contribution in [0.25, 0.3) is 0 Å². The Morgan fingerprint density at radius 2 is 2.05 bits per heavy atom. The minimum atomic E-state index is -1.07. The minimum Gasteiger partial charge on any atom is -0.388 e. The average Bonchev–Trinajstić information content (AvgIpc) is 2.46. The van der Waals surface area contributed by atoms with Crippen molar-refractivity contribution in [2.75, 3.05) is 6.54 Å². The van der Waals surface area contributed by atoms with E-state index in [-0.39, 0.29) is 37.2 Å². The molecule has 1 aromatic carbocycles. The van der Waals surface area contributed by atoms with E-state index < -0.39 is 11.9 Å². The van der Waals surface area contributed by atoms with Gasteiger partial charge in [0, 0.05) is 19.0 Å². The Kier molecular flexibility index (Phi) is 7.52. The maximum absolute atomic E-state index is 13.0. The fraction of sp³-hybridized carbons (Fsp3) is 0.500. The standard InChI is InChI=1S/C16H23FN2O3/c1-3-11(2)19-15(21)7-8-18-16(22)10-14(20)12-5-4-6-13(17)9-12/h4-6,9,11,14,20H,3,7-8,10H2,1-2H3,(H,18,22)(H,19,21). The van der Waals surface area contributed by atoms with Gasteiger partial charge in [-0.3, -0.25) is 9.59 Å². The first kappa shape index (κ1) is 18.1. The van der Waals surface area contributed by atoms with Crippen LogP contribution in [-0.4, -0.2) is 29.5 Å².